The normalized spacial score (nSPS) is 27.6. The van der Waals surface area contributed by atoms with Crippen LogP contribution in [0.25, 0.3) is 16.7 Å². The van der Waals surface area contributed by atoms with Crippen LogP contribution in [0, 0.1) is 11.8 Å². The Labute approximate surface area is 310 Å². The summed E-state index contributed by atoms with van der Waals surface area (Å²) in [6.45, 7) is 0. The molecule has 5 aliphatic rings. The van der Waals surface area contributed by atoms with E-state index in [2.05, 4.69) is 114 Å². The Bertz CT molecular complexity index is 1910. The minimum Gasteiger partial charge on any atom is -0.338 e. The van der Waals surface area contributed by atoms with Crippen LogP contribution >= 0.6 is 0 Å². The first-order valence-corrected chi connectivity index (χ1v) is 21.8. The zero-order chi connectivity index (χ0) is 34.2. The molecule has 9 rings (SSSR count). The van der Waals surface area contributed by atoms with Gasteiger partial charge in [0.1, 0.15) is 0 Å². The summed E-state index contributed by atoms with van der Waals surface area (Å²) in [5.41, 5.74) is 14.1. The van der Waals surface area contributed by atoms with Gasteiger partial charge in [-0.15, -0.1) is 0 Å². The van der Waals surface area contributed by atoms with Crippen LogP contribution < -0.4 is 10.1 Å². The summed E-state index contributed by atoms with van der Waals surface area (Å²) < 4.78 is 0. The van der Waals surface area contributed by atoms with Crippen molar-refractivity contribution in [1.29, 1.82) is 0 Å². The molecule has 2 heteroatoms. The Hall–Kier alpha value is -3.62. The Morgan fingerprint density at radius 3 is 2.06 bits per heavy atom. The van der Waals surface area contributed by atoms with Crippen LogP contribution in [0.1, 0.15) is 125 Å². The lowest BCUT2D eigenvalue weighted by Crippen LogP contribution is -2.47. The molecule has 0 saturated heterocycles. The Balaban J connectivity index is 1.10. The van der Waals surface area contributed by atoms with Gasteiger partial charge in [-0.1, -0.05) is 115 Å². The van der Waals surface area contributed by atoms with E-state index in [1.807, 2.05) is 5.57 Å². The van der Waals surface area contributed by atoms with Gasteiger partial charge in [0.15, 0.2) is 0 Å². The van der Waals surface area contributed by atoms with Gasteiger partial charge in [0, 0.05) is 38.6 Å². The third-order valence-corrected chi connectivity index (χ3v) is 15.0. The topological polar surface area (TPSA) is 3.24 Å². The molecular formula is C49H57NSi. The molecule has 5 aliphatic carbocycles. The van der Waals surface area contributed by atoms with Crippen molar-refractivity contribution in [3.8, 4) is 11.1 Å². The third-order valence-electron chi connectivity index (χ3n) is 14.1. The quantitative estimate of drug-likeness (QED) is 0.138. The first-order chi connectivity index (χ1) is 25.2. The van der Waals surface area contributed by atoms with Crippen LogP contribution in [-0.4, -0.2) is 16.3 Å². The molecule has 3 atom stereocenters. The molecule has 0 aromatic heterocycles. The largest absolute Gasteiger partial charge is 0.338 e. The van der Waals surface area contributed by atoms with E-state index in [0.29, 0.717) is 6.04 Å². The fourth-order valence-corrected chi connectivity index (χ4v) is 12.5. The smallest absolute Gasteiger partial charge is 0.0492 e. The van der Waals surface area contributed by atoms with Crippen LogP contribution in [0.2, 0.25) is 0 Å². The van der Waals surface area contributed by atoms with E-state index in [0.717, 1.165) is 28.0 Å². The first kappa shape index (κ1) is 33.2. The highest BCUT2D eigenvalue weighted by Crippen LogP contribution is 2.65. The predicted octanol–water partition coefficient (Wildman–Crippen LogP) is 11.7. The lowest BCUT2D eigenvalue weighted by molar-refractivity contribution is 0.125. The summed E-state index contributed by atoms with van der Waals surface area (Å²) in [5, 5.41) is 1.48. The molecule has 0 N–H and O–H groups in total. The second kappa shape index (κ2) is 14.4. The van der Waals surface area contributed by atoms with Crippen LogP contribution in [-0.2, 0) is 5.41 Å². The number of nitrogens with zero attached hydrogens (tertiary/aromatic N) is 1. The molecule has 0 amide bonds. The molecule has 262 valence electrons. The summed E-state index contributed by atoms with van der Waals surface area (Å²) >= 11 is 0. The predicted molar refractivity (Wildman–Crippen MR) is 222 cm³/mol. The molecule has 0 spiro atoms. The number of allylic oxidation sites excluding steroid dienone is 4. The number of hydrogen-bond donors (Lipinski definition) is 0. The van der Waals surface area contributed by atoms with Gasteiger partial charge in [-0.05, 0) is 154 Å². The highest BCUT2D eigenvalue weighted by atomic mass is 28.1. The fourth-order valence-electron chi connectivity index (χ4n) is 11.9. The minimum atomic E-state index is 0.247. The summed E-state index contributed by atoms with van der Waals surface area (Å²) in [7, 11) is 1.05. The first-order valence-electron chi connectivity index (χ1n) is 20.8. The highest BCUT2D eigenvalue weighted by molar-refractivity contribution is 6.36. The van der Waals surface area contributed by atoms with Crippen molar-refractivity contribution in [3.05, 3.63) is 131 Å². The molecule has 0 aliphatic heterocycles. The maximum atomic E-state index is 2.79. The Morgan fingerprint density at radius 2 is 1.29 bits per heavy atom. The second-order valence-corrected chi connectivity index (χ2v) is 17.7. The van der Waals surface area contributed by atoms with Crippen molar-refractivity contribution in [3.63, 3.8) is 0 Å². The van der Waals surface area contributed by atoms with Crippen LogP contribution in [0.3, 0.4) is 0 Å². The van der Waals surface area contributed by atoms with E-state index in [1.54, 1.807) is 16.7 Å². The summed E-state index contributed by atoms with van der Waals surface area (Å²) in [6, 6.07) is 38.5. The van der Waals surface area contributed by atoms with Gasteiger partial charge in [0.2, 0.25) is 0 Å². The Morgan fingerprint density at radius 1 is 0.588 bits per heavy atom. The Kier molecular flexibility index (Phi) is 9.40. The molecule has 2 saturated carbocycles. The molecule has 2 fully saturated rings. The summed E-state index contributed by atoms with van der Waals surface area (Å²) in [6.07, 6.45) is 26.5. The van der Waals surface area contributed by atoms with Crippen molar-refractivity contribution < 1.29 is 0 Å². The van der Waals surface area contributed by atoms with E-state index in [-0.39, 0.29) is 5.41 Å². The molecule has 51 heavy (non-hydrogen) atoms. The molecular weight excluding hydrogens is 631 g/mol. The van der Waals surface area contributed by atoms with Crippen molar-refractivity contribution >= 4 is 32.4 Å². The molecule has 0 radical (unpaired) electrons. The van der Waals surface area contributed by atoms with E-state index in [1.165, 1.54) is 136 Å². The lowest BCUT2D eigenvalue weighted by atomic mass is 9.53. The van der Waals surface area contributed by atoms with Gasteiger partial charge < -0.3 is 4.90 Å². The molecule has 4 aromatic rings. The molecule has 4 aromatic carbocycles. The average molecular weight is 688 g/mol. The van der Waals surface area contributed by atoms with Gasteiger partial charge in [0.05, 0.1) is 0 Å². The summed E-state index contributed by atoms with van der Waals surface area (Å²) in [4.78, 5) is 2.79. The number of rotatable bonds is 7. The van der Waals surface area contributed by atoms with Gasteiger partial charge in [-0.2, -0.15) is 0 Å². The van der Waals surface area contributed by atoms with Crippen molar-refractivity contribution in [2.75, 3.05) is 4.90 Å². The van der Waals surface area contributed by atoms with Crippen LogP contribution in [0.4, 0.5) is 11.4 Å². The van der Waals surface area contributed by atoms with Crippen LogP contribution in [0.15, 0.2) is 115 Å². The van der Waals surface area contributed by atoms with E-state index >= 15 is 0 Å². The van der Waals surface area contributed by atoms with E-state index in [4.69, 9.17) is 0 Å². The van der Waals surface area contributed by atoms with Crippen LogP contribution in [0.5, 0.6) is 0 Å². The molecule has 0 bridgehead atoms. The number of benzene rings is 4. The zero-order valence-corrected chi connectivity index (χ0v) is 33.0. The molecule has 3 unspecified atom stereocenters. The third kappa shape index (κ3) is 5.90. The SMILES string of the molecule is [SiH3]c1ccccc1-c1ccccc1N(c1ccc(C2=CCCCC2)cc1)C1CCC(C2(C3=CCCCC3)c3ccccc3C3CCCCC32)CC1. The lowest BCUT2D eigenvalue weighted by Gasteiger charge is -2.51. The van der Waals surface area contributed by atoms with Crippen molar-refractivity contribution in [2.45, 2.75) is 120 Å². The van der Waals surface area contributed by atoms with E-state index < -0.39 is 0 Å². The fraction of sp³-hybridized carbons (Fsp3) is 0.429. The second-order valence-electron chi connectivity index (χ2n) is 16.7. The van der Waals surface area contributed by atoms with Crippen molar-refractivity contribution in [1.82, 2.24) is 0 Å². The van der Waals surface area contributed by atoms with Gasteiger partial charge in [-0.25, -0.2) is 0 Å². The average Bonchev–Trinajstić information content (AvgIpc) is 3.51. The number of fused-ring (bicyclic) bond motifs is 3. The maximum Gasteiger partial charge on any atom is 0.0492 e. The van der Waals surface area contributed by atoms with Crippen molar-refractivity contribution in [2.24, 2.45) is 11.8 Å². The number of hydrogen-bond acceptors (Lipinski definition) is 1. The molecule has 1 nitrogen and oxygen atoms in total. The maximum absolute atomic E-state index is 2.79. The molecule has 0 heterocycles. The summed E-state index contributed by atoms with van der Waals surface area (Å²) in [5.74, 6) is 2.28. The van der Waals surface area contributed by atoms with Gasteiger partial charge >= 0.3 is 0 Å². The number of para-hydroxylation sites is 1. The van der Waals surface area contributed by atoms with E-state index in [9.17, 15) is 0 Å². The highest BCUT2D eigenvalue weighted by Gasteiger charge is 2.58. The standard InChI is InChI=1S/C49H57NSi/c51-48-26-14-10-22-44(48)43-21-9-13-25-47(43)50(39-31-27-36(28-32-39)35-15-3-1-4-16-35)40-33-29-38(30-34-40)49(37-17-5-2-6-18-37)45-23-11-7-19-41(45)42-20-8-12-24-46(42)49/h7,9-11,13-15,17,19,21-23,25-28,31-32,38,40,42,46H,1-6,8,12,16,18,20,24,29-30,33-34H2,51H3. The minimum absolute atomic E-state index is 0.247. The van der Waals surface area contributed by atoms with Gasteiger partial charge in [-0.3, -0.25) is 0 Å². The monoisotopic (exact) mass is 687 g/mol. The number of anilines is 2. The zero-order valence-electron chi connectivity index (χ0n) is 31.0. The van der Waals surface area contributed by atoms with Gasteiger partial charge in [0.25, 0.3) is 0 Å².